The van der Waals surface area contributed by atoms with Gasteiger partial charge in [-0.1, -0.05) is 48.0 Å². The Balaban J connectivity index is 1.74. The first-order valence-electron chi connectivity index (χ1n) is 8.87. The number of rotatable bonds is 4. The maximum atomic E-state index is 12.5. The number of hydrogen-bond donors (Lipinski definition) is 2. The van der Waals surface area contributed by atoms with E-state index in [1.54, 1.807) is 25.1 Å². The fourth-order valence-corrected chi connectivity index (χ4v) is 3.61. The number of likely N-dealkylation sites (tertiary alicyclic amines) is 1. The lowest BCUT2D eigenvalue weighted by atomic mass is 9.90. The highest BCUT2D eigenvalue weighted by Gasteiger charge is 2.42. The summed E-state index contributed by atoms with van der Waals surface area (Å²) in [6.45, 7) is 2.18. The number of nitrogens with one attached hydrogen (secondary N) is 1. The molecule has 144 valence electrons. The first-order chi connectivity index (χ1) is 13.3. The van der Waals surface area contributed by atoms with Gasteiger partial charge in [0.15, 0.2) is 0 Å². The van der Waals surface area contributed by atoms with Crippen LogP contribution in [0.15, 0.2) is 48.5 Å². The summed E-state index contributed by atoms with van der Waals surface area (Å²) >= 11 is 6.39. The van der Waals surface area contributed by atoms with E-state index in [2.05, 4.69) is 11.4 Å². The summed E-state index contributed by atoms with van der Waals surface area (Å²) in [4.78, 5) is 25.3. The van der Waals surface area contributed by atoms with E-state index in [9.17, 15) is 20.0 Å². The lowest BCUT2D eigenvalue weighted by Crippen LogP contribution is -2.37. The molecule has 3 rings (SSSR count). The Labute approximate surface area is 168 Å². The normalized spacial score (nSPS) is 19.7. The summed E-state index contributed by atoms with van der Waals surface area (Å²) in [5, 5.41) is 22.0. The molecule has 0 spiro atoms. The van der Waals surface area contributed by atoms with E-state index in [4.69, 9.17) is 11.6 Å². The molecule has 0 aliphatic carbocycles. The van der Waals surface area contributed by atoms with Gasteiger partial charge in [-0.2, -0.15) is 5.26 Å². The van der Waals surface area contributed by atoms with Crippen molar-refractivity contribution in [3.8, 4) is 6.07 Å². The van der Waals surface area contributed by atoms with Crippen LogP contribution in [0.25, 0.3) is 0 Å². The van der Waals surface area contributed by atoms with Crippen molar-refractivity contribution >= 4 is 29.3 Å². The maximum Gasteiger partial charge on any atom is 0.321 e. The van der Waals surface area contributed by atoms with E-state index < -0.39 is 17.3 Å². The Morgan fingerprint density at radius 3 is 2.57 bits per heavy atom. The Morgan fingerprint density at radius 1 is 1.29 bits per heavy atom. The quantitative estimate of drug-likeness (QED) is 0.803. The van der Waals surface area contributed by atoms with E-state index in [0.717, 1.165) is 5.56 Å². The average molecular weight is 398 g/mol. The lowest BCUT2D eigenvalue weighted by molar-refractivity contribution is -0.146. The second-order valence-corrected chi connectivity index (χ2v) is 7.58. The van der Waals surface area contributed by atoms with E-state index in [-0.39, 0.29) is 12.6 Å². The summed E-state index contributed by atoms with van der Waals surface area (Å²) in [5.41, 5.74) is 1.07. The Bertz CT molecular complexity index is 942. The monoisotopic (exact) mass is 397 g/mol. The minimum absolute atomic E-state index is 0.157. The van der Waals surface area contributed by atoms with Gasteiger partial charge in [0.2, 0.25) is 0 Å². The second-order valence-electron chi connectivity index (χ2n) is 7.18. The van der Waals surface area contributed by atoms with Crippen LogP contribution in [-0.2, 0) is 4.79 Å². The van der Waals surface area contributed by atoms with Crippen molar-refractivity contribution < 1.29 is 14.7 Å². The zero-order chi connectivity index (χ0) is 20.3. The third-order valence-electron chi connectivity index (χ3n) is 5.10. The minimum atomic E-state index is -0.922. The van der Waals surface area contributed by atoms with Gasteiger partial charge in [0.1, 0.15) is 0 Å². The Hall–Kier alpha value is -3.04. The Morgan fingerprint density at radius 2 is 2.00 bits per heavy atom. The molecule has 2 aromatic carbocycles. The molecule has 2 aromatic rings. The zero-order valence-electron chi connectivity index (χ0n) is 15.4. The highest BCUT2D eigenvalue weighted by atomic mass is 35.5. The molecule has 1 aliphatic heterocycles. The number of benzene rings is 2. The molecule has 2 amide bonds. The number of amides is 2. The molecule has 28 heavy (non-hydrogen) atoms. The number of halogens is 1. The number of urea groups is 1. The predicted molar refractivity (Wildman–Crippen MR) is 106 cm³/mol. The number of hydrogen-bond acceptors (Lipinski definition) is 3. The number of aliphatic carboxylic acids is 1. The Kier molecular flexibility index (Phi) is 5.57. The van der Waals surface area contributed by atoms with Crippen LogP contribution in [0.2, 0.25) is 5.02 Å². The topological polar surface area (TPSA) is 93.4 Å². The van der Waals surface area contributed by atoms with Gasteiger partial charge < -0.3 is 15.3 Å². The third-order valence-corrected chi connectivity index (χ3v) is 5.43. The van der Waals surface area contributed by atoms with Gasteiger partial charge in [0.25, 0.3) is 0 Å². The molecule has 0 radical (unpaired) electrons. The van der Waals surface area contributed by atoms with Crippen molar-refractivity contribution in [3.05, 3.63) is 64.7 Å². The maximum absolute atomic E-state index is 12.5. The average Bonchev–Trinajstić information content (AvgIpc) is 3.09. The highest BCUT2D eigenvalue weighted by Crippen LogP contribution is 2.33. The standard InChI is InChI=1S/C21H20ClN3O3/c1-21(19(26)27)9-10-25(13-21)20(28)24-15-7-8-16(18(22)11-15)17(12-23)14-5-3-2-4-6-14/h2-8,11,17H,9-10,13H2,1H3,(H,24,28)(H,26,27). The minimum Gasteiger partial charge on any atom is -0.481 e. The molecule has 1 heterocycles. The summed E-state index contributed by atoms with van der Waals surface area (Å²) < 4.78 is 0. The van der Waals surface area contributed by atoms with Gasteiger partial charge in [-0.25, -0.2) is 4.79 Å². The number of nitriles is 1. The molecule has 6 nitrogen and oxygen atoms in total. The van der Waals surface area contributed by atoms with Gasteiger partial charge in [-0.05, 0) is 36.6 Å². The van der Waals surface area contributed by atoms with Gasteiger partial charge in [-0.15, -0.1) is 0 Å². The first kappa shape index (κ1) is 19.7. The van der Waals surface area contributed by atoms with Crippen molar-refractivity contribution in [2.45, 2.75) is 19.3 Å². The van der Waals surface area contributed by atoms with Crippen LogP contribution in [0.1, 0.15) is 30.4 Å². The molecule has 7 heteroatoms. The van der Waals surface area contributed by atoms with Crippen molar-refractivity contribution in [2.24, 2.45) is 5.41 Å². The molecular weight excluding hydrogens is 378 g/mol. The molecule has 0 saturated carbocycles. The number of anilines is 1. The summed E-state index contributed by atoms with van der Waals surface area (Å²) in [7, 11) is 0. The van der Waals surface area contributed by atoms with Crippen molar-refractivity contribution in [2.75, 3.05) is 18.4 Å². The summed E-state index contributed by atoms with van der Waals surface area (Å²) in [5.74, 6) is -1.41. The summed E-state index contributed by atoms with van der Waals surface area (Å²) in [6, 6.07) is 16.3. The van der Waals surface area contributed by atoms with Crippen LogP contribution in [0.5, 0.6) is 0 Å². The molecule has 1 aliphatic rings. The molecule has 1 saturated heterocycles. The number of carboxylic acids is 1. The third kappa shape index (κ3) is 3.95. The smallest absolute Gasteiger partial charge is 0.321 e. The van der Waals surface area contributed by atoms with E-state index in [1.807, 2.05) is 30.3 Å². The molecule has 2 unspecified atom stereocenters. The number of nitrogens with zero attached hydrogens (tertiary/aromatic N) is 2. The van der Waals surface area contributed by atoms with Crippen molar-refractivity contribution in [3.63, 3.8) is 0 Å². The van der Waals surface area contributed by atoms with Gasteiger partial charge in [0.05, 0.1) is 17.4 Å². The van der Waals surface area contributed by atoms with Gasteiger partial charge >= 0.3 is 12.0 Å². The fourth-order valence-electron chi connectivity index (χ4n) is 3.32. The SMILES string of the molecule is CC1(C(=O)O)CCN(C(=O)Nc2ccc(C(C#N)c3ccccc3)c(Cl)c2)C1. The summed E-state index contributed by atoms with van der Waals surface area (Å²) in [6.07, 6.45) is 0.413. The molecule has 0 aromatic heterocycles. The first-order valence-corrected chi connectivity index (χ1v) is 9.25. The van der Waals surface area contributed by atoms with Crippen LogP contribution in [0, 0.1) is 16.7 Å². The largest absolute Gasteiger partial charge is 0.481 e. The number of carboxylic acid groups (broad SMARTS) is 1. The lowest BCUT2D eigenvalue weighted by Gasteiger charge is -2.21. The van der Waals surface area contributed by atoms with Crippen LogP contribution in [0.4, 0.5) is 10.5 Å². The molecule has 0 bridgehead atoms. The molecule has 2 N–H and O–H groups in total. The zero-order valence-corrected chi connectivity index (χ0v) is 16.1. The van der Waals surface area contributed by atoms with E-state index in [0.29, 0.717) is 29.2 Å². The second kappa shape index (κ2) is 7.91. The van der Waals surface area contributed by atoms with Crippen LogP contribution >= 0.6 is 11.6 Å². The predicted octanol–water partition coefficient (Wildman–Crippen LogP) is 4.32. The number of carbonyl (C=O) groups excluding carboxylic acids is 1. The molecular formula is C21H20ClN3O3. The van der Waals surface area contributed by atoms with Crippen molar-refractivity contribution in [1.29, 1.82) is 5.26 Å². The van der Waals surface area contributed by atoms with Crippen LogP contribution in [0.3, 0.4) is 0 Å². The molecule has 2 atom stereocenters. The highest BCUT2D eigenvalue weighted by molar-refractivity contribution is 6.31. The number of carbonyl (C=O) groups is 2. The fraction of sp³-hybridized carbons (Fsp3) is 0.286. The van der Waals surface area contributed by atoms with Crippen LogP contribution in [-0.4, -0.2) is 35.1 Å². The van der Waals surface area contributed by atoms with Crippen LogP contribution < -0.4 is 5.32 Å². The van der Waals surface area contributed by atoms with Crippen molar-refractivity contribution in [1.82, 2.24) is 4.90 Å². The van der Waals surface area contributed by atoms with Gasteiger partial charge in [0, 0.05) is 23.8 Å². The van der Waals surface area contributed by atoms with Gasteiger partial charge in [-0.3, -0.25) is 4.79 Å². The van der Waals surface area contributed by atoms with E-state index >= 15 is 0 Å². The van der Waals surface area contributed by atoms with E-state index in [1.165, 1.54) is 4.90 Å². The molecule has 1 fully saturated rings.